The molecule has 0 bridgehead atoms. The first kappa shape index (κ1) is 26.6. The first-order valence-corrected chi connectivity index (χ1v) is 12.4. The molecule has 11 nitrogen and oxygen atoms in total. The molecule has 3 N–H and O–H groups in total. The predicted molar refractivity (Wildman–Crippen MR) is 138 cm³/mol. The van der Waals surface area contributed by atoms with Gasteiger partial charge in [0.05, 0.1) is 37.8 Å². The Hall–Kier alpha value is -4.41. The molecule has 0 radical (unpaired) electrons. The smallest absolute Gasteiger partial charge is 0.337 e. The van der Waals surface area contributed by atoms with Gasteiger partial charge in [-0.15, -0.1) is 0 Å². The summed E-state index contributed by atoms with van der Waals surface area (Å²) >= 11 is 0. The largest absolute Gasteiger partial charge is 0.465 e. The number of hydrogen-bond donors (Lipinski definition) is 3. The molecule has 2 aromatic rings. The number of methoxy groups -OCH3 is 2. The quantitative estimate of drug-likeness (QED) is 0.495. The van der Waals surface area contributed by atoms with Crippen LogP contribution in [0.2, 0.25) is 0 Å². The molecule has 4 rings (SSSR count). The van der Waals surface area contributed by atoms with Crippen LogP contribution in [0.4, 0.5) is 16.2 Å². The minimum atomic E-state index is -1.05. The topological polar surface area (TPSA) is 143 Å². The van der Waals surface area contributed by atoms with Crippen molar-refractivity contribution in [2.24, 2.45) is 0 Å². The van der Waals surface area contributed by atoms with Crippen LogP contribution >= 0.6 is 0 Å². The first-order valence-electron chi connectivity index (χ1n) is 12.4. The van der Waals surface area contributed by atoms with Gasteiger partial charge in [0.1, 0.15) is 6.04 Å². The van der Waals surface area contributed by atoms with Crippen LogP contribution in [0.15, 0.2) is 48.5 Å². The Balaban J connectivity index is 1.57. The molecule has 2 fully saturated rings. The van der Waals surface area contributed by atoms with Crippen LogP contribution in [0.3, 0.4) is 0 Å². The summed E-state index contributed by atoms with van der Waals surface area (Å²) in [6.07, 6.45) is 2.98. The van der Waals surface area contributed by atoms with E-state index in [1.165, 1.54) is 37.3 Å². The minimum Gasteiger partial charge on any atom is -0.465 e. The summed E-state index contributed by atoms with van der Waals surface area (Å²) in [4.78, 5) is 65.3. The Bertz CT molecular complexity index is 1200. The zero-order valence-electron chi connectivity index (χ0n) is 21.2. The number of anilines is 2. The van der Waals surface area contributed by atoms with E-state index in [1.54, 1.807) is 24.3 Å². The maximum Gasteiger partial charge on any atom is 0.337 e. The number of carbonyl (C=O) groups excluding carboxylic acids is 5. The molecule has 0 aromatic heterocycles. The van der Waals surface area contributed by atoms with Crippen LogP contribution in [-0.2, 0) is 19.1 Å². The number of piperazine rings is 1. The SMILES string of the molecule is COC(=O)c1cc(NC(=O)CC2C(=O)NC3CCCCC3N2C(=O)Nc2ccccc2)cc(C(=O)OC)c1. The summed E-state index contributed by atoms with van der Waals surface area (Å²) in [6.45, 7) is 0. The number of nitrogens with zero attached hydrogens (tertiary/aromatic N) is 1. The maximum absolute atomic E-state index is 13.4. The van der Waals surface area contributed by atoms with Gasteiger partial charge < -0.3 is 30.3 Å². The van der Waals surface area contributed by atoms with Crippen LogP contribution in [0.25, 0.3) is 0 Å². The lowest BCUT2D eigenvalue weighted by Gasteiger charge is -2.47. The Labute approximate surface area is 219 Å². The lowest BCUT2D eigenvalue weighted by atomic mass is 9.85. The standard InChI is InChI=1S/C27H30N4O7/c1-37-25(34)16-12-17(26(35)38-2)14-19(13-16)28-23(32)15-22-24(33)30-20-10-6-7-11-21(20)31(22)27(36)29-18-8-4-3-5-9-18/h3-5,8-9,12-14,20-22H,6-7,10-11,15H2,1-2H3,(H,28,32)(H,29,36)(H,30,33). The second kappa shape index (κ2) is 11.8. The summed E-state index contributed by atoms with van der Waals surface area (Å²) in [5.74, 6) is -2.39. The summed E-state index contributed by atoms with van der Waals surface area (Å²) in [6, 6.07) is 11.0. The van der Waals surface area contributed by atoms with Gasteiger partial charge in [-0.3, -0.25) is 9.59 Å². The normalized spacial score (nSPS) is 20.4. The van der Waals surface area contributed by atoms with Crippen molar-refractivity contribution in [3.8, 4) is 0 Å². The number of ether oxygens (including phenoxy) is 2. The van der Waals surface area contributed by atoms with Crippen molar-refractivity contribution in [1.29, 1.82) is 0 Å². The number of carbonyl (C=O) groups is 5. The Morgan fingerprint density at radius 3 is 2.16 bits per heavy atom. The zero-order valence-corrected chi connectivity index (χ0v) is 21.2. The second-order valence-electron chi connectivity index (χ2n) is 9.22. The number of rotatable bonds is 6. The van der Waals surface area contributed by atoms with Gasteiger partial charge in [-0.2, -0.15) is 0 Å². The van der Waals surface area contributed by atoms with Crippen LogP contribution in [0.1, 0.15) is 52.8 Å². The van der Waals surface area contributed by atoms with Crippen molar-refractivity contribution in [3.05, 3.63) is 59.7 Å². The van der Waals surface area contributed by atoms with E-state index in [0.717, 1.165) is 19.3 Å². The molecule has 2 aliphatic rings. The van der Waals surface area contributed by atoms with Gasteiger partial charge in [0.2, 0.25) is 11.8 Å². The molecular weight excluding hydrogens is 492 g/mol. The fourth-order valence-corrected chi connectivity index (χ4v) is 5.00. The third-order valence-corrected chi connectivity index (χ3v) is 6.75. The zero-order chi connectivity index (χ0) is 27.2. The monoisotopic (exact) mass is 522 g/mol. The molecule has 1 saturated heterocycles. The molecule has 0 spiro atoms. The van der Waals surface area contributed by atoms with Crippen LogP contribution in [0.5, 0.6) is 0 Å². The van der Waals surface area contributed by atoms with Crippen LogP contribution in [0, 0.1) is 0 Å². The fourth-order valence-electron chi connectivity index (χ4n) is 5.00. The van der Waals surface area contributed by atoms with Gasteiger partial charge in [-0.25, -0.2) is 14.4 Å². The highest BCUT2D eigenvalue weighted by molar-refractivity contribution is 6.02. The molecule has 1 aliphatic carbocycles. The fraction of sp³-hybridized carbons (Fsp3) is 0.370. The van der Waals surface area contributed by atoms with Crippen molar-refractivity contribution in [1.82, 2.24) is 10.2 Å². The summed E-state index contributed by atoms with van der Waals surface area (Å²) in [7, 11) is 2.39. The highest BCUT2D eigenvalue weighted by Crippen LogP contribution is 2.30. The van der Waals surface area contributed by atoms with Gasteiger partial charge in [0, 0.05) is 17.4 Å². The average Bonchev–Trinajstić information content (AvgIpc) is 2.92. The molecule has 1 saturated carbocycles. The molecule has 11 heteroatoms. The summed E-state index contributed by atoms with van der Waals surface area (Å²) < 4.78 is 9.46. The minimum absolute atomic E-state index is 0.0371. The number of hydrogen-bond acceptors (Lipinski definition) is 7. The van der Waals surface area contributed by atoms with Gasteiger partial charge in [-0.1, -0.05) is 31.0 Å². The molecule has 1 heterocycles. The van der Waals surface area contributed by atoms with Crippen LogP contribution in [-0.4, -0.2) is 67.0 Å². The van der Waals surface area contributed by atoms with Gasteiger partial charge >= 0.3 is 18.0 Å². The Morgan fingerprint density at radius 2 is 1.53 bits per heavy atom. The third kappa shape index (κ3) is 5.93. The molecule has 3 atom stereocenters. The number of urea groups is 1. The van der Waals surface area contributed by atoms with Crippen LogP contribution < -0.4 is 16.0 Å². The molecule has 4 amide bonds. The number of fused-ring (bicyclic) bond motifs is 1. The van der Waals surface area contributed by atoms with Crippen molar-refractivity contribution >= 4 is 41.2 Å². The van der Waals surface area contributed by atoms with E-state index >= 15 is 0 Å². The van der Waals surface area contributed by atoms with E-state index < -0.39 is 35.8 Å². The number of esters is 2. The Kier molecular flexibility index (Phi) is 8.25. The second-order valence-corrected chi connectivity index (χ2v) is 9.22. The van der Waals surface area contributed by atoms with E-state index in [0.29, 0.717) is 12.1 Å². The van der Waals surface area contributed by atoms with E-state index in [4.69, 9.17) is 9.47 Å². The number of amides is 4. The molecular formula is C27H30N4O7. The maximum atomic E-state index is 13.4. The van der Waals surface area contributed by atoms with Gasteiger partial charge in [-0.05, 0) is 43.2 Å². The van der Waals surface area contributed by atoms with E-state index in [1.807, 2.05) is 6.07 Å². The van der Waals surface area contributed by atoms with Crippen molar-refractivity contribution in [2.75, 3.05) is 24.9 Å². The van der Waals surface area contributed by atoms with E-state index in [2.05, 4.69) is 16.0 Å². The average molecular weight is 523 g/mol. The number of nitrogens with one attached hydrogen (secondary N) is 3. The van der Waals surface area contributed by atoms with Gasteiger partial charge in [0.15, 0.2) is 0 Å². The summed E-state index contributed by atoms with van der Waals surface area (Å²) in [5, 5.41) is 8.47. The summed E-state index contributed by atoms with van der Waals surface area (Å²) in [5.41, 5.74) is 0.796. The third-order valence-electron chi connectivity index (χ3n) is 6.75. The first-order chi connectivity index (χ1) is 18.3. The molecule has 2 aromatic carbocycles. The lowest BCUT2D eigenvalue weighted by Crippen LogP contribution is -2.68. The highest BCUT2D eigenvalue weighted by Gasteiger charge is 2.46. The van der Waals surface area contributed by atoms with E-state index in [-0.39, 0.29) is 35.3 Å². The highest BCUT2D eigenvalue weighted by atomic mass is 16.5. The van der Waals surface area contributed by atoms with Crippen molar-refractivity contribution in [3.63, 3.8) is 0 Å². The molecule has 1 aliphatic heterocycles. The predicted octanol–water partition coefficient (Wildman–Crippen LogP) is 2.93. The van der Waals surface area contributed by atoms with Gasteiger partial charge in [0.25, 0.3) is 0 Å². The van der Waals surface area contributed by atoms with E-state index in [9.17, 15) is 24.0 Å². The molecule has 3 unspecified atom stereocenters. The molecule has 38 heavy (non-hydrogen) atoms. The van der Waals surface area contributed by atoms with Crippen molar-refractivity contribution < 1.29 is 33.4 Å². The Morgan fingerprint density at radius 1 is 0.895 bits per heavy atom. The number of para-hydroxylation sites is 1. The lowest BCUT2D eigenvalue weighted by molar-refractivity contribution is -0.135. The molecule has 200 valence electrons. The van der Waals surface area contributed by atoms with Crippen molar-refractivity contribution in [2.45, 2.75) is 50.2 Å². The number of benzene rings is 2.